The average molecular weight is 385 g/mol. The average Bonchev–Trinajstić information content (AvgIpc) is 3.15. The van der Waals surface area contributed by atoms with Gasteiger partial charge in [0.15, 0.2) is 5.03 Å². The fourth-order valence-corrected chi connectivity index (χ4v) is 3.39. The van der Waals surface area contributed by atoms with Gasteiger partial charge in [0.1, 0.15) is 5.82 Å². The van der Waals surface area contributed by atoms with E-state index in [0.29, 0.717) is 11.3 Å². The third-order valence-corrected chi connectivity index (χ3v) is 4.82. The zero-order valence-electron chi connectivity index (χ0n) is 13.6. The Balaban J connectivity index is 1.84. The van der Waals surface area contributed by atoms with Crippen LogP contribution in [-0.4, -0.2) is 24.5 Å². The van der Waals surface area contributed by atoms with Gasteiger partial charge in [-0.15, -0.1) is 0 Å². The number of sulfonamides is 1. The van der Waals surface area contributed by atoms with Crippen molar-refractivity contribution in [2.45, 2.75) is 5.03 Å². The van der Waals surface area contributed by atoms with Crippen molar-refractivity contribution in [3.8, 4) is 6.07 Å². The summed E-state index contributed by atoms with van der Waals surface area (Å²) in [5.41, 5.74) is 0.576. The van der Waals surface area contributed by atoms with E-state index < -0.39 is 26.8 Å². The van der Waals surface area contributed by atoms with Crippen LogP contribution in [0.4, 0.5) is 15.8 Å². The van der Waals surface area contributed by atoms with E-state index in [1.807, 2.05) is 6.07 Å². The van der Waals surface area contributed by atoms with Crippen LogP contribution in [0.25, 0.3) is 0 Å². The maximum Gasteiger partial charge on any atom is 0.279 e. The second-order valence-electron chi connectivity index (χ2n) is 5.37. The molecule has 0 fully saturated rings. The zero-order chi connectivity index (χ0) is 19.4. The van der Waals surface area contributed by atoms with E-state index in [2.05, 4.69) is 20.2 Å². The number of benzene rings is 2. The number of aromatic nitrogens is 2. The number of nitriles is 1. The van der Waals surface area contributed by atoms with Crippen LogP contribution in [0.1, 0.15) is 15.9 Å². The Bertz CT molecular complexity index is 1130. The molecule has 1 aromatic heterocycles. The molecule has 0 aliphatic heterocycles. The number of H-pyrrole nitrogens is 1. The van der Waals surface area contributed by atoms with Gasteiger partial charge in [0.05, 0.1) is 23.4 Å². The molecule has 0 bridgehead atoms. The fraction of sp³-hybridized carbons (Fsp3) is 0. The van der Waals surface area contributed by atoms with Crippen molar-refractivity contribution in [2.24, 2.45) is 0 Å². The predicted octanol–water partition coefficient (Wildman–Crippen LogP) is 2.47. The number of amides is 1. The number of nitrogens with zero attached hydrogens (tertiary/aromatic N) is 2. The molecule has 0 radical (unpaired) electrons. The van der Waals surface area contributed by atoms with Crippen molar-refractivity contribution in [1.29, 1.82) is 5.26 Å². The predicted molar refractivity (Wildman–Crippen MR) is 94.9 cm³/mol. The molecule has 0 unspecified atom stereocenters. The van der Waals surface area contributed by atoms with Gasteiger partial charge in [-0.2, -0.15) is 18.8 Å². The van der Waals surface area contributed by atoms with E-state index in [4.69, 9.17) is 5.26 Å². The molecular weight excluding hydrogens is 373 g/mol. The van der Waals surface area contributed by atoms with E-state index in [1.165, 1.54) is 18.2 Å². The van der Waals surface area contributed by atoms with Gasteiger partial charge in [0.2, 0.25) is 0 Å². The van der Waals surface area contributed by atoms with Crippen LogP contribution in [0.2, 0.25) is 0 Å². The minimum Gasteiger partial charge on any atom is -0.322 e. The maximum absolute atomic E-state index is 13.0. The lowest BCUT2D eigenvalue weighted by atomic mass is 10.2. The summed E-state index contributed by atoms with van der Waals surface area (Å²) in [6.45, 7) is 0. The Morgan fingerprint density at radius 3 is 2.59 bits per heavy atom. The third-order valence-electron chi connectivity index (χ3n) is 3.46. The van der Waals surface area contributed by atoms with Gasteiger partial charge < -0.3 is 5.32 Å². The van der Waals surface area contributed by atoms with E-state index in [1.54, 1.807) is 18.2 Å². The fourth-order valence-electron chi connectivity index (χ4n) is 2.23. The van der Waals surface area contributed by atoms with Gasteiger partial charge in [-0.3, -0.25) is 14.6 Å². The molecule has 2 aromatic carbocycles. The lowest BCUT2D eigenvalue weighted by Crippen LogP contribution is -2.19. The monoisotopic (exact) mass is 385 g/mol. The van der Waals surface area contributed by atoms with Crippen LogP contribution < -0.4 is 10.0 Å². The first-order valence-electron chi connectivity index (χ1n) is 7.52. The number of nitrogens with one attached hydrogen (secondary N) is 3. The van der Waals surface area contributed by atoms with Gasteiger partial charge in [0.25, 0.3) is 15.9 Å². The molecule has 0 aliphatic carbocycles. The van der Waals surface area contributed by atoms with Crippen molar-refractivity contribution < 1.29 is 17.6 Å². The summed E-state index contributed by atoms with van der Waals surface area (Å²) in [5.74, 6) is -1.24. The van der Waals surface area contributed by atoms with Crippen molar-refractivity contribution in [3.05, 3.63) is 71.7 Å². The molecule has 1 amide bonds. The van der Waals surface area contributed by atoms with Crippen molar-refractivity contribution in [2.75, 3.05) is 10.0 Å². The molecule has 8 nitrogen and oxygen atoms in total. The Morgan fingerprint density at radius 2 is 1.89 bits per heavy atom. The topological polar surface area (TPSA) is 128 Å². The Hall–Kier alpha value is -3.71. The number of hydrogen-bond donors (Lipinski definition) is 3. The highest BCUT2D eigenvalue weighted by molar-refractivity contribution is 7.92. The minimum atomic E-state index is -4.17. The van der Waals surface area contributed by atoms with Crippen LogP contribution >= 0.6 is 0 Å². The lowest BCUT2D eigenvalue weighted by Gasteiger charge is -2.09. The van der Waals surface area contributed by atoms with Gasteiger partial charge in [-0.25, -0.2) is 4.39 Å². The van der Waals surface area contributed by atoms with Crippen LogP contribution in [0.3, 0.4) is 0 Å². The summed E-state index contributed by atoms with van der Waals surface area (Å²) < 4.78 is 40.2. The van der Waals surface area contributed by atoms with Crippen molar-refractivity contribution in [1.82, 2.24) is 10.2 Å². The van der Waals surface area contributed by atoms with Crippen LogP contribution in [-0.2, 0) is 10.0 Å². The molecule has 10 heteroatoms. The van der Waals surface area contributed by atoms with Gasteiger partial charge in [-0.1, -0.05) is 6.07 Å². The first-order valence-corrected chi connectivity index (χ1v) is 9.00. The molecule has 0 spiro atoms. The number of hydrogen-bond acceptors (Lipinski definition) is 5. The highest BCUT2D eigenvalue weighted by Gasteiger charge is 2.25. The van der Waals surface area contributed by atoms with E-state index in [0.717, 1.165) is 18.3 Å². The third kappa shape index (κ3) is 4.10. The SMILES string of the molecule is N#Cc1cccc(NC(=O)c2cn[nH]c2S(=O)(=O)Nc2ccc(F)cc2)c1. The first-order chi connectivity index (χ1) is 12.9. The molecule has 136 valence electrons. The highest BCUT2D eigenvalue weighted by atomic mass is 32.2. The summed E-state index contributed by atoms with van der Waals surface area (Å²) in [5, 5.41) is 16.9. The van der Waals surface area contributed by atoms with Gasteiger partial charge in [-0.05, 0) is 42.5 Å². The number of carbonyl (C=O) groups is 1. The summed E-state index contributed by atoms with van der Waals surface area (Å²) in [6.07, 6.45) is 1.07. The number of aromatic amines is 1. The largest absolute Gasteiger partial charge is 0.322 e. The Labute approximate surface area is 153 Å². The number of halogens is 1. The summed E-state index contributed by atoms with van der Waals surface area (Å²) in [7, 11) is -4.17. The standard InChI is InChI=1S/C17H12FN5O3S/c18-12-4-6-13(7-5-12)23-27(25,26)17-15(10-20-22-17)16(24)21-14-3-1-2-11(8-14)9-19/h1-8,10,23H,(H,20,22)(H,21,24). The molecule has 1 heterocycles. The van der Waals surface area contributed by atoms with Crippen LogP contribution in [0.15, 0.2) is 59.8 Å². The van der Waals surface area contributed by atoms with Crippen molar-refractivity contribution in [3.63, 3.8) is 0 Å². The number of anilines is 2. The summed E-state index contributed by atoms with van der Waals surface area (Å²) >= 11 is 0. The maximum atomic E-state index is 13.0. The van der Waals surface area contributed by atoms with E-state index in [9.17, 15) is 17.6 Å². The van der Waals surface area contributed by atoms with E-state index in [-0.39, 0.29) is 11.3 Å². The molecule has 0 saturated carbocycles. The molecule has 0 aliphatic rings. The molecular formula is C17H12FN5O3S. The lowest BCUT2D eigenvalue weighted by molar-refractivity contribution is 0.102. The van der Waals surface area contributed by atoms with Crippen LogP contribution in [0.5, 0.6) is 0 Å². The molecule has 3 aromatic rings. The van der Waals surface area contributed by atoms with E-state index >= 15 is 0 Å². The normalized spacial score (nSPS) is 10.8. The minimum absolute atomic E-state index is 0.124. The van der Waals surface area contributed by atoms with Crippen LogP contribution in [0, 0.1) is 17.1 Å². The zero-order valence-corrected chi connectivity index (χ0v) is 14.4. The number of rotatable bonds is 5. The second kappa shape index (κ2) is 7.27. The summed E-state index contributed by atoms with van der Waals surface area (Å²) in [4.78, 5) is 12.4. The Kier molecular flexibility index (Phi) is 4.87. The molecule has 0 atom stereocenters. The Morgan fingerprint density at radius 1 is 1.15 bits per heavy atom. The second-order valence-corrected chi connectivity index (χ2v) is 6.99. The first kappa shape index (κ1) is 18.1. The molecule has 0 saturated heterocycles. The number of carbonyl (C=O) groups excluding carboxylic acids is 1. The summed E-state index contributed by atoms with van der Waals surface area (Å²) in [6, 6.07) is 12.8. The quantitative estimate of drug-likeness (QED) is 0.622. The van der Waals surface area contributed by atoms with Crippen molar-refractivity contribution >= 4 is 27.3 Å². The highest BCUT2D eigenvalue weighted by Crippen LogP contribution is 2.19. The molecule has 27 heavy (non-hydrogen) atoms. The molecule has 3 rings (SSSR count). The smallest absolute Gasteiger partial charge is 0.279 e. The molecule has 3 N–H and O–H groups in total. The van der Waals surface area contributed by atoms with Gasteiger partial charge >= 0.3 is 0 Å². The van der Waals surface area contributed by atoms with Gasteiger partial charge in [0, 0.05) is 11.4 Å².